The Morgan fingerprint density at radius 3 is 3.04 bits per heavy atom. The summed E-state index contributed by atoms with van der Waals surface area (Å²) in [5.74, 6) is 0.125. The van der Waals surface area contributed by atoms with E-state index in [-0.39, 0.29) is 11.3 Å². The normalized spacial score (nSPS) is 22.9. The van der Waals surface area contributed by atoms with Crippen LogP contribution in [-0.4, -0.2) is 66.3 Å². The highest BCUT2D eigenvalue weighted by atomic mass is 32.2. The predicted octanol–water partition coefficient (Wildman–Crippen LogP) is -0.212. The van der Waals surface area contributed by atoms with Crippen LogP contribution in [0, 0.1) is 0 Å². The van der Waals surface area contributed by atoms with Gasteiger partial charge in [-0.3, -0.25) is 10.1 Å². The summed E-state index contributed by atoms with van der Waals surface area (Å²) >= 11 is 1.57. The zero-order valence-electron chi connectivity index (χ0n) is 15.3. The van der Waals surface area contributed by atoms with E-state index in [0.717, 1.165) is 44.7 Å². The third kappa shape index (κ3) is 4.47. The maximum Gasteiger partial charge on any atom is 0.253 e. The van der Waals surface area contributed by atoms with Crippen LogP contribution in [0.15, 0.2) is 29.8 Å². The van der Waals surface area contributed by atoms with E-state index in [1.165, 1.54) is 11.1 Å². The largest absolute Gasteiger partial charge is 0.375 e. The summed E-state index contributed by atoms with van der Waals surface area (Å²) in [5.41, 5.74) is 3.40. The van der Waals surface area contributed by atoms with Crippen LogP contribution >= 0.6 is 11.8 Å². The van der Waals surface area contributed by atoms with Gasteiger partial charge < -0.3 is 26.0 Å². The van der Waals surface area contributed by atoms with E-state index in [1.807, 2.05) is 22.6 Å². The van der Waals surface area contributed by atoms with Crippen molar-refractivity contribution >= 4 is 17.7 Å². The number of hydrogen-bond acceptors (Lipinski definition) is 7. The van der Waals surface area contributed by atoms with E-state index >= 15 is 0 Å². The molecule has 4 rings (SSSR count). The molecular weight excluding hydrogens is 362 g/mol. The number of hydrogen-bond donors (Lipinski definition) is 5. The lowest BCUT2D eigenvalue weighted by Gasteiger charge is -2.40. The number of carbonyl (C=O) groups excluding carboxylic acids is 1. The molecule has 3 aliphatic heterocycles. The van der Waals surface area contributed by atoms with Crippen molar-refractivity contribution in [1.29, 1.82) is 0 Å². The molecule has 2 atom stereocenters. The lowest BCUT2D eigenvalue weighted by Crippen LogP contribution is -2.60. The third-order valence-electron chi connectivity index (χ3n) is 5.26. The molecule has 5 N–H and O–H groups in total. The second-order valence-electron chi connectivity index (χ2n) is 7.20. The molecule has 8 heteroatoms. The molecule has 0 aromatic heterocycles. The Kier molecular flexibility index (Phi) is 5.99. The van der Waals surface area contributed by atoms with Crippen molar-refractivity contribution < 1.29 is 9.90 Å². The van der Waals surface area contributed by atoms with Crippen molar-refractivity contribution in [3.05, 3.63) is 46.5 Å². The fourth-order valence-electron chi connectivity index (χ4n) is 3.63. The molecule has 0 radical (unpaired) electrons. The van der Waals surface area contributed by atoms with E-state index in [2.05, 4.69) is 33.4 Å². The van der Waals surface area contributed by atoms with Gasteiger partial charge in [0, 0.05) is 50.5 Å². The molecule has 0 aliphatic carbocycles. The molecule has 1 amide bonds. The lowest BCUT2D eigenvalue weighted by atomic mass is 9.97. The Morgan fingerprint density at radius 1 is 1.33 bits per heavy atom. The van der Waals surface area contributed by atoms with Crippen LogP contribution in [0.25, 0.3) is 0 Å². The van der Waals surface area contributed by atoms with Gasteiger partial charge in [0.2, 0.25) is 0 Å². The van der Waals surface area contributed by atoms with Gasteiger partial charge in [-0.25, -0.2) is 0 Å². The van der Waals surface area contributed by atoms with Crippen LogP contribution in [0.1, 0.15) is 21.5 Å². The molecule has 146 valence electrons. The minimum Gasteiger partial charge on any atom is -0.375 e. The lowest BCUT2D eigenvalue weighted by molar-refractivity contribution is 0.0566. The number of aliphatic hydroxyl groups excluding tert-OH is 1. The van der Waals surface area contributed by atoms with Gasteiger partial charge in [0.1, 0.15) is 11.6 Å². The molecule has 7 nitrogen and oxygen atoms in total. The van der Waals surface area contributed by atoms with Gasteiger partial charge in [0.15, 0.2) is 0 Å². The van der Waals surface area contributed by atoms with E-state index in [0.29, 0.717) is 12.6 Å². The van der Waals surface area contributed by atoms with Gasteiger partial charge in [-0.2, -0.15) is 0 Å². The minimum atomic E-state index is -0.578. The maximum atomic E-state index is 12.6. The Labute approximate surface area is 164 Å². The van der Waals surface area contributed by atoms with Crippen molar-refractivity contribution in [1.82, 2.24) is 26.2 Å². The van der Waals surface area contributed by atoms with E-state index in [9.17, 15) is 9.90 Å². The van der Waals surface area contributed by atoms with Crippen LogP contribution in [0.5, 0.6) is 0 Å². The second kappa shape index (κ2) is 8.62. The van der Waals surface area contributed by atoms with E-state index in [4.69, 9.17) is 0 Å². The highest BCUT2D eigenvalue weighted by Gasteiger charge is 2.31. The molecule has 0 saturated carbocycles. The molecular formula is C19H27N5O2S. The molecule has 3 aliphatic rings. The molecule has 3 heterocycles. The average Bonchev–Trinajstić information content (AvgIpc) is 3.20. The molecule has 0 bridgehead atoms. The van der Waals surface area contributed by atoms with Crippen molar-refractivity contribution in [3.63, 3.8) is 0 Å². The molecule has 1 saturated heterocycles. The fraction of sp³-hybridized carbons (Fsp3) is 0.526. The summed E-state index contributed by atoms with van der Waals surface area (Å²) < 4.78 is 0. The van der Waals surface area contributed by atoms with Crippen LogP contribution in [-0.2, 0) is 13.0 Å². The van der Waals surface area contributed by atoms with Crippen LogP contribution in [0.2, 0.25) is 0 Å². The monoisotopic (exact) mass is 389 g/mol. The minimum absolute atomic E-state index is 0.0192. The van der Waals surface area contributed by atoms with Crippen LogP contribution < -0.4 is 21.3 Å². The molecule has 27 heavy (non-hydrogen) atoms. The van der Waals surface area contributed by atoms with Gasteiger partial charge in [-0.15, -0.1) is 11.8 Å². The number of fused-ring (bicyclic) bond motifs is 1. The van der Waals surface area contributed by atoms with Gasteiger partial charge in [-0.1, -0.05) is 6.07 Å². The summed E-state index contributed by atoms with van der Waals surface area (Å²) in [7, 11) is 0. The van der Waals surface area contributed by atoms with Gasteiger partial charge in [0.05, 0.1) is 0 Å². The van der Waals surface area contributed by atoms with Crippen molar-refractivity contribution in [3.8, 4) is 0 Å². The Hall–Kier alpha value is -1.58. The first-order valence-electron chi connectivity index (χ1n) is 9.54. The first-order valence-corrected chi connectivity index (χ1v) is 10.5. The van der Waals surface area contributed by atoms with Crippen molar-refractivity contribution in [2.24, 2.45) is 0 Å². The molecule has 2 unspecified atom stereocenters. The number of aliphatic hydroxyl groups is 1. The van der Waals surface area contributed by atoms with Crippen molar-refractivity contribution in [2.75, 3.05) is 32.7 Å². The van der Waals surface area contributed by atoms with Crippen LogP contribution in [0.3, 0.4) is 0 Å². The number of amides is 1. The van der Waals surface area contributed by atoms with Gasteiger partial charge >= 0.3 is 0 Å². The highest BCUT2D eigenvalue weighted by molar-refractivity contribution is 8.02. The average molecular weight is 390 g/mol. The number of benzene rings is 1. The Bertz CT molecular complexity index is 699. The van der Waals surface area contributed by atoms with Crippen LogP contribution in [0.4, 0.5) is 0 Å². The predicted molar refractivity (Wildman–Crippen MR) is 107 cm³/mol. The summed E-state index contributed by atoms with van der Waals surface area (Å²) in [4.78, 5) is 14.5. The molecule has 0 spiro atoms. The second-order valence-corrected chi connectivity index (χ2v) is 8.25. The third-order valence-corrected chi connectivity index (χ3v) is 6.24. The molecule has 1 aromatic carbocycles. The number of carbonyl (C=O) groups is 1. The van der Waals surface area contributed by atoms with Gasteiger partial charge in [0.25, 0.3) is 5.91 Å². The first kappa shape index (κ1) is 18.8. The smallest absolute Gasteiger partial charge is 0.253 e. The standard InChI is InChI=1S/C19H27N5O2S/c25-17(18-23-7-8-27-18)22-6-5-21-16-11-24(12-16)19(26)14-1-2-15-10-20-4-3-13(15)9-14/h1-2,7-9,16-18,20-23,25H,3-6,10-12H2. The Balaban J connectivity index is 1.16. The number of rotatable bonds is 7. The summed E-state index contributed by atoms with van der Waals surface area (Å²) in [5, 5.41) is 24.9. The summed E-state index contributed by atoms with van der Waals surface area (Å²) in [6.45, 7) is 4.81. The number of thioether (sulfide) groups is 1. The summed E-state index contributed by atoms with van der Waals surface area (Å²) in [6.07, 6.45) is 2.26. The van der Waals surface area contributed by atoms with Gasteiger partial charge in [-0.05, 0) is 41.6 Å². The highest BCUT2D eigenvalue weighted by Crippen LogP contribution is 2.19. The first-order chi connectivity index (χ1) is 13.2. The zero-order chi connectivity index (χ0) is 18.6. The zero-order valence-corrected chi connectivity index (χ0v) is 16.1. The number of nitrogens with zero attached hydrogens (tertiary/aromatic N) is 1. The topological polar surface area (TPSA) is 88.7 Å². The number of likely N-dealkylation sites (tertiary alicyclic amines) is 1. The maximum absolute atomic E-state index is 12.6. The number of nitrogens with one attached hydrogen (secondary N) is 4. The SMILES string of the molecule is O=C(c1ccc2c(c1)CCNC2)N1CC(NCCNC(O)C2NC=CS2)C1. The fourth-order valence-corrected chi connectivity index (χ4v) is 4.36. The molecule has 1 fully saturated rings. The molecule has 1 aromatic rings. The van der Waals surface area contributed by atoms with E-state index < -0.39 is 6.23 Å². The quantitative estimate of drug-likeness (QED) is 0.326. The summed E-state index contributed by atoms with van der Waals surface area (Å²) in [6, 6.07) is 6.42. The Morgan fingerprint density at radius 2 is 2.22 bits per heavy atom. The van der Waals surface area contributed by atoms with Crippen molar-refractivity contribution in [2.45, 2.75) is 30.6 Å². The van der Waals surface area contributed by atoms with E-state index in [1.54, 1.807) is 11.8 Å².